The van der Waals surface area contributed by atoms with Gasteiger partial charge < -0.3 is 15.2 Å². The van der Waals surface area contributed by atoms with Crippen molar-refractivity contribution in [2.75, 3.05) is 16.8 Å². The molecule has 1 atom stereocenters. The summed E-state index contributed by atoms with van der Waals surface area (Å²) >= 11 is 1.30. The lowest BCUT2D eigenvalue weighted by atomic mass is 9.81. The van der Waals surface area contributed by atoms with Crippen LogP contribution in [0.3, 0.4) is 0 Å². The van der Waals surface area contributed by atoms with E-state index in [-0.39, 0.29) is 29.4 Å². The van der Waals surface area contributed by atoms with Crippen LogP contribution in [0.25, 0.3) is 0 Å². The summed E-state index contributed by atoms with van der Waals surface area (Å²) in [6, 6.07) is 11.9. The number of aromatic nitrogens is 1. The average molecular weight is 402 g/mol. The first-order valence-corrected chi connectivity index (χ1v) is 10.9. The summed E-state index contributed by atoms with van der Waals surface area (Å²) in [6.07, 6.45) is 6.02. The van der Waals surface area contributed by atoms with Gasteiger partial charge in [0, 0.05) is 6.07 Å². The Balaban J connectivity index is 1.48. The van der Waals surface area contributed by atoms with Gasteiger partial charge in [0.25, 0.3) is 0 Å². The van der Waals surface area contributed by atoms with E-state index in [1.165, 1.54) is 31.0 Å². The molecule has 7 heteroatoms. The Kier molecular flexibility index (Phi) is 7.54. The van der Waals surface area contributed by atoms with Gasteiger partial charge in [0.1, 0.15) is 5.76 Å². The number of anilines is 1. The molecule has 1 aliphatic rings. The van der Waals surface area contributed by atoms with Gasteiger partial charge in [0.2, 0.25) is 11.8 Å². The van der Waals surface area contributed by atoms with Crippen LogP contribution < -0.4 is 10.6 Å². The summed E-state index contributed by atoms with van der Waals surface area (Å²) in [6.45, 7) is 1.76. The van der Waals surface area contributed by atoms with Crippen molar-refractivity contribution in [1.82, 2.24) is 10.5 Å². The van der Waals surface area contributed by atoms with E-state index in [1.807, 2.05) is 18.2 Å². The molecule has 3 rings (SSSR count). The Labute approximate surface area is 169 Å². The lowest BCUT2D eigenvalue weighted by molar-refractivity contribution is -0.119. The number of thioether (sulfide) groups is 1. The van der Waals surface area contributed by atoms with Crippen LogP contribution in [-0.2, 0) is 9.59 Å². The van der Waals surface area contributed by atoms with Crippen molar-refractivity contribution < 1.29 is 14.1 Å². The number of carbonyl (C=O) groups is 2. The fourth-order valence-corrected chi connectivity index (χ4v) is 4.29. The number of nitrogens with one attached hydrogen (secondary N) is 2. The van der Waals surface area contributed by atoms with E-state index in [0.29, 0.717) is 17.5 Å². The molecule has 1 aliphatic carbocycles. The number of hydrogen-bond donors (Lipinski definition) is 2. The van der Waals surface area contributed by atoms with E-state index < -0.39 is 0 Å². The SMILES string of the molecule is Cc1cc(NC(=O)CSCC(=O)NC(c2ccccc2)C2CCCCC2)no1. The standard InChI is InChI=1S/C21H27N3O3S/c1-15-12-18(24-27-15)22-19(25)13-28-14-20(26)23-21(16-8-4-2-5-9-16)17-10-6-3-7-11-17/h2,4-5,8-9,12,17,21H,3,6-7,10-11,13-14H2,1H3,(H,23,26)(H,22,24,25). The van der Waals surface area contributed by atoms with Crippen LogP contribution in [0.5, 0.6) is 0 Å². The third kappa shape index (κ3) is 6.12. The summed E-state index contributed by atoms with van der Waals surface area (Å²) in [7, 11) is 0. The average Bonchev–Trinajstić information content (AvgIpc) is 3.12. The van der Waals surface area contributed by atoms with Crippen LogP contribution in [0, 0.1) is 12.8 Å². The Morgan fingerprint density at radius 3 is 2.54 bits per heavy atom. The van der Waals surface area contributed by atoms with Crippen molar-refractivity contribution >= 4 is 29.4 Å². The molecule has 1 unspecified atom stereocenters. The zero-order valence-corrected chi connectivity index (χ0v) is 17.0. The molecule has 0 aliphatic heterocycles. The van der Waals surface area contributed by atoms with E-state index in [4.69, 9.17) is 4.52 Å². The van der Waals surface area contributed by atoms with E-state index in [2.05, 4.69) is 27.9 Å². The van der Waals surface area contributed by atoms with Crippen molar-refractivity contribution in [3.8, 4) is 0 Å². The number of benzene rings is 1. The molecule has 1 aromatic carbocycles. The third-order valence-electron chi connectivity index (χ3n) is 4.96. The van der Waals surface area contributed by atoms with Crippen LogP contribution in [0.4, 0.5) is 5.82 Å². The Bertz CT molecular complexity index is 772. The minimum Gasteiger partial charge on any atom is -0.360 e. The van der Waals surface area contributed by atoms with Crippen molar-refractivity contribution in [3.63, 3.8) is 0 Å². The van der Waals surface area contributed by atoms with Gasteiger partial charge in [-0.25, -0.2) is 0 Å². The first kappa shape index (κ1) is 20.5. The Hall–Kier alpha value is -2.28. The van der Waals surface area contributed by atoms with Crippen LogP contribution in [0.2, 0.25) is 0 Å². The number of hydrogen-bond acceptors (Lipinski definition) is 5. The first-order chi connectivity index (χ1) is 13.6. The smallest absolute Gasteiger partial charge is 0.235 e. The highest BCUT2D eigenvalue weighted by Gasteiger charge is 2.26. The number of nitrogens with zero attached hydrogens (tertiary/aromatic N) is 1. The summed E-state index contributed by atoms with van der Waals surface area (Å²) in [4.78, 5) is 24.5. The fourth-order valence-electron chi connectivity index (χ4n) is 3.66. The minimum atomic E-state index is -0.196. The first-order valence-electron chi connectivity index (χ1n) is 9.77. The van der Waals surface area contributed by atoms with Gasteiger partial charge in [0.15, 0.2) is 5.82 Å². The molecule has 2 aromatic rings. The van der Waals surface area contributed by atoms with Gasteiger partial charge in [-0.2, -0.15) is 0 Å². The molecule has 1 saturated carbocycles. The largest absolute Gasteiger partial charge is 0.360 e. The van der Waals surface area contributed by atoms with Crippen LogP contribution in [0.15, 0.2) is 40.9 Å². The van der Waals surface area contributed by atoms with E-state index in [9.17, 15) is 9.59 Å². The predicted octanol–water partition coefficient (Wildman–Crippen LogP) is 4.09. The zero-order chi connectivity index (χ0) is 19.8. The number of carbonyl (C=O) groups excluding carboxylic acids is 2. The molecule has 0 bridgehead atoms. The van der Waals surface area contributed by atoms with E-state index >= 15 is 0 Å². The summed E-state index contributed by atoms with van der Waals surface area (Å²) in [5.74, 6) is 1.72. The fraction of sp³-hybridized carbons (Fsp3) is 0.476. The van der Waals surface area contributed by atoms with E-state index in [0.717, 1.165) is 18.4 Å². The van der Waals surface area contributed by atoms with Crippen molar-refractivity contribution in [2.45, 2.75) is 45.1 Å². The van der Waals surface area contributed by atoms with Crippen LogP contribution >= 0.6 is 11.8 Å². The highest BCUT2D eigenvalue weighted by atomic mass is 32.2. The highest BCUT2D eigenvalue weighted by molar-refractivity contribution is 8.00. The summed E-state index contributed by atoms with van der Waals surface area (Å²) < 4.78 is 4.92. The molecule has 1 fully saturated rings. The molecule has 1 aromatic heterocycles. The molecule has 1 heterocycles. The molecule has 2 N–H and O–H groups in total. The molecular formula is C21H27N3O3S. The Morgan fingerprint density at radius 2 is 1.86 bits per heavy atom. The molecule has 0 saturated heterocycles. The molecule has 28 heavy (non-hydrogen) atoms. The number of aryl methyl sites for hydroxylation is 1. The molecule has 0 spiro atoms. The minimum absolute atomic E-state index is 0.0329. The summed E-state index contributed by atoms with van der Waals surface area (Å²) in [5, 5.41) is 9.60. The van der Waals surface area contributed by atoms with Crippen molar-refractivity contribution in [1.29, 1.82) is 0 Å². The second kappa shape index (κ2) is 10.3. The second-order valence-electron chi connectivity index (χ2n) is 7.22. The lowest BCUT2D eigenvalue weighted by Crippen LogP contribution is -2.35. The quantitative estimate of drug-likeness (QED) is 0.696. The van der Waals surface area contributed by atoms with E-state index in [1.54, 1.807) is 13.0 Å². The summed E-state index contributed by atoms with van der Waals surface area (Å²) in [5.41, 5.74) is 1.16. The van der Waals surface area contributed by atoms with Gasteiger partial charge >= 0.3 is 0 Å². The third-order valence-corrected chi connectivity index (χ3v) is 5.89. The normalized spacial score (nSPS) is 15.8. The van der Waals surface area contributed by atoms with Crippen molar-refractivity contribution in [2.24, 2.45) is 5.92 Å². The predicted molar refractivity (Wildman–Crippen MR) is 111 cm³/mol. The maximum atomic E-state index is 12.5. The molecule has 0 radical (unpaired) electrons. The Morgan fingerprint density at radius 1 is 1.14 bits per heavy atom. The lowest BCUT2D eigenvalue weighted by Gasteiger charge is -2.31. The zero-order valence-electron chi connectivity index (χ0n) is 16.1. The molecule has 2 amide bonds. The van der Waals surface area contributed by atoms with Gasteiger partial charge in [-0.15, -0.1) is 11.8 Å². The van der Waals surface area contributed by atoms with Gasteiger partial charge in [-0.1, -0.05) is 54.8 Å². The monoisotopic (exact) mass is 401 g/mol. The molecule has 6 nitrogen and oxygen atoms in total. The maximum Gasteiger partial charge on any atom is 0.235 e. The van der Waals surface area contributed by atoms with Gasteiger partial charge in [0.05, 0.1) is 17.5 Å². The van der Waals surface area contributed by atoms with Crippen molar-refractivity contribution in [3.05, 3.63) is 47.7 Å². The maximum absolute atomic E-state index is 12.5. The topological polar surface area (TPSA) is 84.2 Å². The van der Waals surface area contributed by atoms with Gasteiger partial charge in [-0.05, 0) is 31.2 Å². The van der Waals surface area contributed by atoms with Crippen LogP contribution in [0.1, 0.15) is 49.5 Å². The number of rotatable bonds is 8. The molecule has 150 valence electrons. The van der Waals surface area contributed by atoms with Gasteiger partial charge in [-0.3, -0.25) is 9.59 Å². The highest BCUT2D eigenvalue weighted by Crippen LogP contribution is 2.34. The van der Waals surface area contributed by atoms with Crippen LogP contribution in [-0.4, -0.2) is 28.5 Å². The number of amides is 2. The second-order valence-corrected chi connectivity index (χ2v) is 8.20. The molecular weight excluding hydrogens is 374 g/mol.